The van der Waals surface area contributed by atoms with E-state index < -0.39 is 0 Å². The monoisotopic (exact) mass is 105 g/mol. The van der Waals surface area contributed by atoms with E-state index in [9.17, 15) is 0 Å². The van der Waals surface area contributed by atoms with Crippen molar-refractivity contribution in [3.63, 3.8) is 0 Å². The molecule has 40 valence electrons. The van der Waals surface area contributed by atoms with Crippen molar-refractivity contribution in [3.05, 3.63) is 23.8 Å². The number of allylic oxidation sites excluding steroid dienone is 2. The zero-order valence-corrected chi connectivity index (χ0v) is 4.54. The van der Waals surface area contributed by atoms with Crippen LogP contribution in [-0.4, -0.2) is 12.3 Å². The third kappa shape index (κ3) is 0.443. The molecule has 1 aliphatic heterocycles. The first kappa shape index (κ1) is 4.07. The zero-order chi connectivity index (χ0) is 5.40. The highest BCUT2D eigenvalue weighted by atomic mass is 14.8. The van der Waals surface area contributed by atoms with Crippen LogP contribution in [0.25, 0.3) is 0 Å². The Morgan fingerprint density at radius 3 is 3.38 bits per heavy atom. The van der Waals surface area contributed by atoms with Gasteiger partial charge in [0.25, 0.3) is 0 Å². The standard InChI is InChI=1S/C7H7N/c1-2-7-5-6(1)3-4-8-7/h1-2,4-5,7H,3H2. The molecule has 0 fully saturated rings. The van der Waals surface area contributed by atoms with E-state index in [1.165, 1.54) is 5.57 Å². The van der Waals surface area contributed by atoms with E-state index in [2.05, 4.69) is 23.2 Å². The smallest absolute Gasteiger partial charge is 0.0866 e. The molecule has 0 aromatic heterocycles. The molecule has 1 heteroatoms. The van der Waals surface area contributed by atoms with Gasteiger partial charge in [0.05, 0.1) is 6.04 Å². The predicted molar refractivity (Wildman–Crippen MR) is 34.1 cm³/mol. The Kier molecular flexibility index (Phi) is 0.668. The van der Waals surface area contributed by atoms with Crippen molar-refractivity contribution in [2.75, 3.05) is 0 Å². The Bertz CT molecular complexity index is 185. The highest BCUT2D eigenvalue weighted by molar-refractivity contribution is 5.67. The lowest BCUT2D eigenvalue weighted by atomic mass is 10.2. The SMILES string of the molecule is C1=CC2C=C1CC=N2. The summed E-state index contributed by atoms with van der Waals surface area (Å²) in [6, 6.07) is 0.388. The van der Waals surface area contributed by atoms with Crippen LogP contribution in [-0.2, 0) is 0 Å². The van der Waals surface area contributed by atoms with E-state index in [1.807, 2.05) is 6.21 Å². The van der Waals surface area contributed by atoms with Crippen LogP contribution >= 0.6 is 0 Å². The number of rotatable bonds is 0. The second kappa shape index (κ2) is 1.31. The van der Waals surface area contributed by atoms with Crippen LogP contribution < -0.4 is 0 Å². The highest BCUT2D eigenvalue weighted by Gasteiger charge is 2.09. The molecule has 2 rings (SSSR count). The molecule has 2 bridgehead atoms. The highest BCUT2D eigenvalue weighted by Crippen LogP contribution is 2.18. The van der Waals surface area contributed by atoms with Crippen molar-refractivity contribution in [2.24, 2.45) is 4.99 Å². The summed E-state index contributed by atoms with van der Waals surface area (Å²) >= 11 is 0. The molecule has 0 aromatic carbocycles. The molecular weight excluding hydrogens is 98.1 g/mol. The number of fused-ring (bicyclic) bond motifs is 1. The van der Waals surface area contributed by atoms with Gasteiger partial charge >= 0.3 is 0 Å². The molecule has 0 aromatic rings. The number of dihydropyridines is 1. The van der Waals surface area contributed by atoms with Crippen LogP contribution in [0, 0.1) is 0 Å². The predicted octanol–water partition coefficient (Wildman–Crippen LogP) is 1.33. The molecule has 8 heavy (non-hydrogen) atoms. The molecule has 0 N–H and O–H groups in total. The van der Waals surface area contributed by atoms with Gasteiger partial charge in [0.1, 0.15) is 0 Å². The van der Waals surface area contributed by atoms with Crippen LogP contribution in [0.2, 0.25) is 0 Å². The Labute approximate surface area is 48.4 Å². The molecule has 1 aliphatic carbocycles. The van der Waals surface area contributed by atoms with Gasteiger partial charge in [0.2, 0.25) is 0 Å². The van der Waals surface area contributed by atoms with Crippen molar-refractivity contribution in [1.29, 1.82) is 0 Å². The summed E-state index contributed by atoms with van der Waals surface area (Å²) in [6.45, 7) is 0. The van der Waals surface area contributed by atoms with Crippen LogP contribution in [0.4, 0.5) is 0 Å². The topological polar surface area (TPSA) is 12.4 Å². The molecule has 1 atom stereocenters. The maximum absolute atomic E-state index is 4.20. The molecule has 0 saturated carbocycles. The molecule has 1 heterocycles. The van der Waals surface area contributed by atoms with E-state index >= 15 is 0 Å². The quantitative estimate of drug-likeness (QED) is 0.440. The van der Waals surface area contributed by atoms with Crippen molar-refractivity contribution in [1.82, 2.24) is 0 Å². The van der Waals surface area contributed by atoms with Crippen LogP contribution in [0.3, 0.4) is 0 Å². The average Bonchev–Trinajstić information content (AvgIpc) is 2.12. The molecule has 0 amide bonds. The third-order valence-corrected chi connectivity index (χ3v) is 1.50. The Morgan fingerprint density at radius 1 is 1.62 bits per heavy atom. The average molecular weight is 105 g/mol. The number of hydrogen-bond acceptors (Lipinski definition) is 1. The fourth-order valence-electron chi connectivity index (χ4n) is 1.06. The van der Waals surface area contributed by atoms with Crippen molar-refractivity contribution < 1.29 is 0 Å². The van der Waals surface area contributed by atoms with E-state index in [0.717, 1.165) is 6.42 Å². The fraction of sp³-hybridized carbons (Fsp3) is 0.286. The van der Waals surface area contributed by atoms with Crippen LogP contribution in [0.1, 0.15) is 6.42 Å². The molecular formula is C7H7N. The second-order valence-corrected chi connectivity index (χ2v) is 2.13. The normalized spacial score (nSPS) is 31.0. The number of aliphatic imine (C=N–C) groups is 1. The minimum atomic E-state index is 0.388. The lowest BCUT2D eigenvalue weighted by Crippen LogP contribution is -1.95. The van der Waals surface area contributed by atoms with Gasteiger partial charge in [-0.2, -0.15) is 0 Å². The molecule has 2 aliphatic rings. The first-order valence-electron chi connectivity index (χ1n) is 2.86. The zero-order valence-electron chi connectivity index (χ0n) is 4.54. The molecule has 0 spiro atoms. The van der Waals surface area contributed by atoms with Gasteiger partial charge in [-0.3, -0.25) is 4.99 Å². The van der Waals surface area contributed by atoms with E-state index in [-0.39, 0.29) is 0 Å². The largest absolute Gasteiger partial charge is 0.286 e. The van der Waals surface area contributed by atoms with Gasteiger partial charge in [-0.1, -0.05) is 18.2 Å². The maximum atomic E-state index is 4.20. The van der Waals surface area contributed by atoms with Crippen molar-refractivity contribution in [2.45, 2.75) is 12.5 Å². The van der Waals surface area contributed by atoms with Crippen LogP contribution in [0.15, 0.2) is 28.8 Å². The molecule has 0 saturated heterocycles. The van der Waals surface area contributed by atoms with E-state index in [0.29, 0.717) is 6.04 Å². The Morgan fingerprint density at radius 2 is 2.62 bits per heavy atom. The summed E-state index contributed by atoms with van der Waals surface area (Å²) in [5, 5.41) is 0. The van der Waals surface area contributed by atoms with Gasteiger partial charge in [0, 0.05) is 12.6 Å². The van der Waals surface area contributed by atoms with Gasteiger partial charge < -0.3 is 0 Å². The number of hydrogen-bond donors (Lipinski definition) is 0. The summed E-state index contributed by atoms with van der Waals surface area (Å²) in [4.78, 5) is 4.20. The van der Waals surface area contributed by atoms with Gasteiger partial charge in [-0.15, -0.1) is 0 Å². The van der Waals surface area contributed by atoms with Gasteiger partial charge in [-0.05, 0) is 5.57 Å². The minimum Gasteiger partial charge on any atom is -0.286 e. The second-order valence-electron chi connectivity index (χ2n) is 2.13. The maximum Gasteiger partial charge on any atom is 0.0866 e. The molecule has 1 unspecified atom stereocenters. The lowest BCUT2D eigenvalue weighted by molar-refractivity contribution is 1.02. The Balaban J connectivity index is 2.40. The van der Waals surface area contributed by atoms with E-state index in [4.69, 9.17) is 0 Å². The fourth-order valence-corrected chi connectivity index (χ4v) is 1.06. The van der Waals surface area contributed by atoms with Crippen molar-refractivity contribution >= 4 is 6.21 Å². The lowest BCUT2D eigenvalue weighted by Gasteiger charge is -2.00. The summed E-state index contributed by atoms with van der Waals surface area (Å²) in [5.74, 6) is 0. The summed E-state index contributed by atoms with van der Waals surface area (Å²) in [7, 11) is 0. The minimum absolute atomic E-state index is 0.388. The third-order valence-electron chi connectivity index (χ3n) is 1.50. The molecule has 0 radical (unpaired) electrons. The van der Waals surface area contributed by atoms with Crippen LogP contribution in [0.5, 0.6) is 0 Å². The Hall–Kier alpha value is -0.850. The van der Waals surface area contributed by atoms with Gasteiger partial charge in [0.15, 0.2) is 0 Å². The van der Waals surface area contributed by atoms with Gasteiger partial charge in [-0.25, -0.2) is 0 Å². The van der Waals surface area contributed by atoms with E-state index in [1.54, 1.807) is 0 Å². The molecule has 1 nitrogen and oxygen atoms in total. The first-order valence-corrected chi connectivity index (χ1v) is 2.86. The summed E-state index contributed by atoms with van der Waals surface area (Å²) < 4.78 is 0. The summed E-state index contributed by atoms with van der Waals surface area (Å²) in [6.07, 6.45) is 9.49. The first-order chi connectivity index (χ1) is 3.95. The van der Waals surface area contributed by atoms with Crippen molar-refractivity contribution in [3.8, 4) is 0 Å². The summed E-state index contributed by atoms with van der Waals surface area (Å²) in [5.41, 5.74) is 1.42. The number of nitrogens with zero attached hydrogens (tertiary/aromatic N) is 1.